The summed E-state index contributed by atoms with van der Waals surface area (Å²) in [5, 5.41) is 12.8. The van der Waals surface area contributed by atoms with Gasteiger partial charge in [-0.1, -0.05) is 41.8 Å². The summed E-state index contributed by atoms with van der Waals surface area (Å²) in [5.74, 6) is 2.68. The molecular weight excluding hydrogens is 370 g/mol. The molecule has 0 amide bonds. The van der Waals surface area contributed by atoms with E-state index in [2.05, 4.69) is 20.5 Å². The Balaban J connectivity index is 1.30. The number of benzene rings is 1. The summed E-state index contributed by atoms with van der Waals surface area (Å²) in [6.45, 7) is 1.01. The lowest BCUT2D eigenvalue weighted by molar-refractivity contribution is -0.00114. The van der Waals surface area contributed by atoms with Crippen molar-refractivity contribution in [1.82, 2.24) is 25.1 Å². The molecule has 1 atom stereocenters. The van der Waals surface area contributed by atoms with Crippen LogP contribution in [0.5, 0.6) is 5.75 Å². The molecule has 0 bridgehead atoms. The van der Waals surface area contributed by atoms with Crippen LogP contribution in [0.2, 0.25) is 0 Å². The molecule has 1 fully saturated rings. The molecule has 1 saturated carbocycles. The number of rotatable bonds is 5. The summed E-state index contributed by atoms with van der Waals surface area (Å²) in [5.41, 5.74) is 2.62. The molecule has 29 heavy (non-hydrogen) atoms. The van der Waals surface area contributed by atoms with Gasteiger partial charge >= 0.3 is 0 Å². The summed E-state index contributed by atoms with van der Waals surface area (Å²) >= 11 is 0. The Morgan fingerprint density at radius 2 is 1.97 bits per heavy atom. The average Bonchev–Trinajstić information content (AvgIpc) is 3.41. The van der Waals surface area contributed by atoms with Crippen LogP contribution in [0.4, 0.5) is 0 Å². The van der Waals surface area contributed by atoms with E-state index in [4.69, 9.17) is 14.0 Å². The van der Waals surface area contributed by atoms with Gasteiger partial charge in [0.1, 0.15) is 11.9 Å². The van der Waals surface area contributed by atoms with Crippen molar-refractivity contribution in [2.24, 2.45) is 5.92 Å². The number of methoxy groups -OCH3 is 1. The fourth-order valence-corrected chi connectivity index (χ4v) is 4.28. The quantitative estimate of drug-likeness (QED) is 0.650. The van der Waals surface area contributed by atoms with Crippen LogP contribution >= 0.6 is 0 Å². The molecule has 1 aliphatic carbocycles. The Hall–Kier alpha value is -2.74. The second kappa shape index (κ2) is 7.94. The largest absolute Gasteiger partial charge is 0.497 e. The highest BCUT2D eigenvalue weighted by atomic mass is 16.5. The van der Waals surface area contributed by atoms with E-state index >= 15 is 0 Å². The van der Waals surface area contributed by atoms with Gasteiger partial charge in [-0.3, -0.25) is 0 Å². The van der Waals surface area contributed by atoms with Gasteiger partial charge < -0.3 is 14.0 Å². The molecule has 1 aliphatic heterocycles. The van der Waals surface area contributed by atoms with Crippen LogP contribution in [0, 0.1) is 5.92 Å². The number of nitrogens with zero attached hydrogens (tertiary/aromatic N) is 5. The second-order valence-electron chi connectivity index (χ2n) is 7.86. The zero-order valence-corrected chi connectivity index (χ0v) is 16.6. The van der Waals surface area contributed by atoms with Gasteiger partial charge in [-0.25, -0.2) is 4.68 Å². The first-order valence-corrected chi connectivity index (χ1v) is 10.3. The maximum absolute atomic E-state index is 6.08. The van der Waals surface area contributed by atoms with Gasteiger partial charge in [0.25, 0.3) is 0 Å². The van der Waals surface area contributed by atoms with E-state index in [1.165, 1.54) is 32.1 Å². The molecule has 0 radical (unpaired) electrons. The van der Waals surface area contributed by atoms with Crippen LogP contribution in [0.1, 0.15) is 55.4 Å². The van der Waals surface area contributed by atoms with Crippen molar-refractivity contribution in [1.29, 1.82) is 0 Å². The second-order valence-corrected chi connectivity index (χ2v) is 7.86. The number of ether oxygens (including phenoxy) is 2. The van der Waals surface area contributed by atoms with Gasteiger partial charge in [-0.05, 0) is 36.5 Å². The molecule has 3 heterocycles. The van der Waals surface area contributed by atoms with Crippen molar-refractivity contribution in [3.05, 3.63) is 41.4 Å². The van der Waals surface area contributed by atoms with Crippen molar-refractivity contribution in [3.63, 3.8) is 0 Å². The predicted octanol–water partition coefficient (Wildman–Crippen LogP) is 3.73. The van der Waals surface area contributed by atoms with Crippen molar-refractivity contribution >= 4 is 0 Å². The molecule has 0 saturated heterocycles. The topological polar surface area (TPSA) is 88.1 Å². The van der Waals surface area contributed by atoms with E-state index in [0.29, 0.717) is 36.5 Å². The predicted molar refractivity (Wildman–Crippen MR) is 104 cm³/mol. The van der Waals surface area contributed by atoms with Crippen LogP contribution in [0.25, 0.3) is 11.5 Å². The summed E-state index contributed by atoms with van der Waals surface area (Å²) in [6, 6.07) is 7.91. The number of aromatic nitrogens is 5. The van der Waals surface area contributed by atoms with E-state index in [9.17, 15) is 0 Å². The smallest absolute Gasteiger partial charge is 0.227 e. The third-order valence-corrected chi connectivity index (χ3v) is 5.95. The number of fused-ring (bicyclic) bond motifs is 1. The summed E-state index contributed by atoms with van der Waals surface area (Å²) in [7, 11) is 1.66. The zero-order valence-electron chi connectivity index (χ0n) is 16.6. The van der Waals surface area contributed by atoms with Gasteiger partial charge in [-0.2, -0.15) is 4.98 Å². The van der Waals surface area contributed by atoms with E-state index in [1.54, 1.807) is 7.11 Å². The fraction of sp³-hybridized carbons (Fsp3) is 0.524. The average molecular weight is 395 g/mol. The van der Waals surface area contributed by atoms with E-state index in [0.717, 1.165) is 23.4 Å². The first kappa shape index (κ1) is 18.3. The Morgan fingerprint density at radius 3 is 2.76 bits per heavy atom. The number of hydrogen-bond donors (Lipinski definition) is 0. The van der Waals surface area contributed by atoms with Crippen LogP contribution < -0.4 is 4.74 Å². The first-order valence-electron chi connectivity index (χ1n) is 10.3. The minimum atomic E-state index is -0.0740. The monoisotopic (exact) mass is 395 g/mol. The maximum atomic E-state index is 6.08. The molecule has 3 aromatic rings. The van der Waals surface area contributed by atoms with Gasteiger partial charge in [0.05, 0.1) is 26.0 Å². The summed E-state index contributed by atoms with van der Waals surface area (Å²) in [4.78, 5) is 4.59. The molecular formula is C21H25N5O3. The van der Waals surface area contributed by atoms with Crippen LogP contribution in [0.3, 0.4) is 0 Å². The lowest BCUT2D eigenvalue weighted by atomic mass is 9.87. The Kier molecular flexibility index (Phi) is 5.01. The number of hydrogen-bond acceptors (Lipinski definition) is 7. The maximum Gasteiger partial charge on any atom is 0.227 e. The van der Waals surface area contributed by atoms with Crippen LogP contribution in [-0.2, 0) is 24.3 Å². The van der Waals surface area contributed by atoms with E-state index < -0.39 is 0 Å². The summed E-state index contributed by atoms with van der Waals surface area (Å²) in [6.07, 6.45) is 7.23. The first-order chi connectivity index (χ1) is 14.3. The van der Waals surface area contributed by atoms with Crippen molar-refractivity contribution in [2.45, 2.75) is 57.8 Å². The summed E-state index contributed by atoms with van der Waals surface area (Å²) < 4.78 is 18.7. The molecule has 0 unspecified atom stereocenters. The van der Waals surface area contributed by atoms with Gasteiger partial charge in [-0.15, -0.1) is 5.10 Å². The van der Waals surface area contributed by atoms with Crippen LogP contribution in [-0.4, -0.2) is 32.2 Å². The minimum absolute atomic E-state index is 0.0740. The fourth-order valence-electron chi connectivity index (χ4n) is 4.28. The minimum Gasteiger partial charge on any atom is -0.497 e. The van der Waals surface area contributed by atoms with E-state index in [1.807, 2.05) is 28.9 Å². The molecule has 1 aromatic carbocycles. The normalized spacial score (nSPS) is 19.8. The third kappa shape index (κ3) is 3.76. The lowest BCUT2D eigenvalue weighted by Gasteiger charge is -2.24. The third-order valence-electron chi connectivity index (χ3n) is 5.95. The SMILES string of the molecule is COc1ccc([C@@H]2Cn3nnc(-c4noc(CC5CCCCC5)n4)c3CO2)cc1. The molecule has 2 aliphatic rings. The Bertz CT molecular complexity index is 959. The van der Waals surface area contributed by atoms with Gasteiger partial charge in [0.2, 0.25) is 11.7 Å². The molecule has 2 aromatic heterocycles. The zero-order chi connectivity index (χ0) is 19.6. The highest BCUT2D eigenvalue weighted by molar-refractivity contribution is 5.51. The highest BCUT2D eigenvalue weighted by Crippen LogP contribution is 2.31. The van der Waals surface area contributed by atoms with Crippen molar-refractivity contribution < 1.29 is 14.0 Å². The van der Waals surface area contributed by atoms with E-state index in [-0.39, 0.29) is 6.10 Å². The molecule has 8 heteroatoms. The highest BCUT2D eigenvalue weighted by Gasteiger charge is 2.28. The lowest BCUT2D eigenvalue weighted by Crippen LogP contribution is -2.22. The molecule has 5 rings (SSSR count). The van der Waals surface area contributed by atoms with Crippen molar-refractivity contribution in [3.8, 4) is 17.3 Å². The van der Waals surface area contributed by atoms with Gasteiger partial charge in [0.15, 0.2) is 5.69 Å². The molecule has 0 spiro atoms. The van der Waals surface area contributed by atoms with Gasteiger partial charge in [0, 0.05) is 6.42 Å². The standard InChI is InChI=1S/C21H25N5O3/c1-27-16-9-7-15(8-10-16)18-12-26-17(13-28-18)20(23-25-26)21-22-19(29-24-21)11-14-5-3-2-4-6-14/h7-10,14,18H,2-6,11-13H2,1H3/t18-/m0/s1. The molecule has 152 valence electrons. The van der Waals surface area contributed by atoms with Crippen LogP contribution in [0.15, 0.2) is 28.8 Å². The molecule has 0 N–H and O–H groups in total. The van der Waals surface area contributed by atoms with Crippen molar-refractivity contribution in [2.75, 3.05) is 7.11 Å². The Morgan fingerprint density at radius 1 is 1.14 bits per heavy atom. The Labute approximate surface area is 169 Å². The molecule has 8 nitrogen and oxygen atoms in total.